The van der Waals surface area contributed by atoms with E-state index in [1.165, 1.54) is 4.90 Å². The Balaban J connectivity index is 1.62. The van der Waals surface area contributed by atoms with Crippen molar-refractivity contribution >= 4 is 33.5 Å². The molecule has 29 heavy (non-hydrogen) atoms. The number of anilines is 1. The van der Waals surface area contributed by atoms with Crippen LogP contribution in [0.1, 0.15) is 24.8 Å². The number of alkyl halides is 2. The number of halogens is 2. The summed E-state index contributed by atoms with van der Waals surface area (Å²) < 4.78 is 35.9. The summed E-state index contributed by atoms with van der Waals surface area (Å²) in [4.78, 5) is 18.6. The van der Waals surface area contributed by atoms with E-state index in [0.717, 1.165) is 10.8 Å². The first-order valence-electron chi connectivity index (χ1n) is 9.35. The molecule has 0 N–H and O–H groups in total. The Hall–Kier alpha value is -3.28. The number of nitrogens with zero attached hydrogens (tertiary/aromatic N) is 2. The molecule has 0 saturated heterocycles. The highest BCUT2D eigenvalue weighted by Crippen LogP contribution is 2.51. The molecule has 0 spiro atoms. The van der Waals surface area contributed by atoms with Crippen LogP contribution in [0.25, 0.3) is 21.9 Å². The molecule has 0 radical (unpaired) electrons. The molecule has 0 aliphatic carbocycles. The highest BCUT2D eigenvalue weighted by atomic mass is 19.3. The SMILES string of the molecule is CN1C(=O)C(C)(CC(F)(F)c2nc3ccccc3o2)c2ccc3ccccc3c21. The zero-order chi connectivity index (χ0) is 20.4. The van der Waals surface area contributed by atoms with Crippen molar-refractivity contribution in [1.29, 1.82) is 0 Å². The minimum atomic E-state index is -3.41. The molecular formula is C23H18F2N2O2. The van der Waals surface area contributed by atoms with Gasteiger partial charge in [-0.1, -0.05) is 48.5 Å². The van der Waals surface area contributed by atoms with Crippen molar-refractivity contribution in [3.05, 3.63) is 72.1 Å². The van der Waals surface area contributed by atoms with Crippen LogP contribution < -0.4 is 4.90 Å². The highest BCUT2D eigenvalue weighted by Gasteiger charge is 2.54. The lowest BCUT2D eigenvalue weighted by molar-refractivity contribution is -0.128. The maximum absolute atomic E-state index is 15.3. The third kappa shape index (κ3) is 2.48. The molecule has 0 saturated carbocycles. The Morgan fingerprint density at radius 3 is 2.59 bits per heavy atom. The summed E-state index contributed by atoms with van der Waals surface area (Å²) in [7, 11) is 1.64. The standard InChI is InChI=1S/C23H18F2N2O2/c1-22(13-23(24,25)20-26-17-9-5-6-10-18(17)29-20)16-12-11-14-7-3-4-8-15(14)19(16)27(2)21(22)28/h3-12H,13H2,1-2H3. The summed E-state index contributed by atoms with van der Waals surface area (Å²) in [6, 6.07) is 17.9. The molecule has 1 aromatic heterocycles. The van der Waals surface area contributed by atoms with Crippen LogP contribution in [0.3, 0.4) is 0 Å². The van der Waals surface area contributed by atoms with Gasteiger partial charge in [0.25, 0.3) is 5.89 Å². The Kier molecular flexibility index (Phi) is 3.60. The highest BCUT2D eigenvalue weighted by molar-refractivity contribution is 6.14. The van der Waals surface area contributed by atoms with Crippen molar-refractivity contribution in [2.75, 3.05) is 11.9 Å². The Labute approximate surface area is 165 Å². The van der Waals surface area contributed by atoms with E-state index in [1.807, 2.05) is 30.3 Å². The second-order valence-corrected chi connectivity index (χ2v) is 7.75. The molecule has 1 atom stereocenters. The smallest absolute Gasteiger partial charge is 0.323 e. The molecule has 4 nitrogen and oxygen atoms in total. The zero-order valence-electron chi connectivity index (χ0n) is 15.9. The largest absolute Gasteiger partial charge is 0.435 e. The molecule has 5 rings (SSSR count). The van der Waals surface area contributed by atoms with Crippen molar-refractivity contribution in [3.8, 4) is 0 Å². The lowest BCUT2D eigenvalue weighted by atomic mass is 9.78. The lowest BCUT2D eigenvalue weighted by Crippen LogP contribution is -2.40. The van der Waals surface area contributed by atoms with E-state index in [-0.39, 0.29) is 5.91 Å². The molecule has 1 amide bonds. The minimum absolute atomic E-state index is 0.300. The van der Waals surface area contributed by atoms with E-state index in [2.05, 4.69) is 4.98 Å². The first-order chi connectivity index (χ1) is 13.8. The number of hydrogen-bond acceptors (Lipinski definition) is 3. The summed E-state index contributed by atoms with van der Waals surface area (Å²) >= 11 is 0. The molecule has 3 aromatic carbocycles. The quantitative estimate of drug-likeness (QED) is 0.469. The van der Waals surface area contributed by atoms with Crippen LogP contribution in [0.5, 0.6) is 0 Å². The summed E-state index contributed by atoms with van der Waals surface area (Å²) in [6.45, 7) is 1.57. The first kappa shape index (κ1) is 17.8. The van der Waals surface area contributed by atoms with Crippen LogP contribution in [0.4, 0.5) is 14.5 Å². The minimum Gasteiger partial charge on any atom is -0.435 e. The molecule has 6 heteroatoms. The molecule has 1 aliphatic rings. The van der Waals surface area contributed by atoms with Crippen molar-refractivity contribution in [1.82, 2.24) is 4.98 Å². The van der Waals surface area contributed by atoms with Gasteiger partial charge in [0, 0.05) is 18.9 Å². The third-order valence-electron chi connectivity index (χ3n) is 5.79. The van der Waals surface area contributed by atoms with Gasteiger partial charge in [-0.2, -0.15) is 8.78 Å². The van der Waals surface area contributed by atoms with Crippen LogP contribution in [-0.2, 0) is 16.1 Å². The topological polar surface area (TPSA) is 46.3 Å². The van der Waals surface area contributed by atoms with Crippen molar-refractivity contribution in [2.24, 2.45) is 0 Å². The van der Waals surface area contributed by atoms with Gasteiger partial charge in [0.05, 0.1) is 11.1 Å². The van der Waals surface area contributed by atoms with E-state index < -0.39 is 23.6 Å². The number of carbonyl (C=O) groups is 1. The van der Waals surface area contributed by atoms with E-state index in [4.69, 9.17) is 4.42 Å². The van der Waals surface area contributed by atoms with Gasteiger partial charge in [0.1, 0.15) is 5.52 Å². The Morgan fingerprint density at radius 2 is 1.79 bits per heavy atom. The van der Waals surface area contributed by atoms with Gasteiger partial charge in [-0.15, -0.1) is 0 Å². The van der Waals surface area contributed by atoms with Gasteiger partial charge >= 0.3 is 5.92 Å². The molecule has 1 aliphatic heterocycles. The lowest BCUT2D eigenvalue weighted by Gasteiger charge is -2.26. The predicted octanol–water partition coefficient (Wildman–Crippen LogP) is 5.40. The number of likely N-dealkylation sites (N-methyl/N-ethyl adjacent to an activating group) is 1. The van der Waals surface area contributed by atoms with Gasteiger partial charge in [0.15, 0.2) is 5.58 Å². The van der Waals surface area contributed by atoms with Crippen LogP contribution in [-0.4, -0.2) is 17.9 Å². The average Bonchev–Trinajstić information content (AvgIpc) is 3.23. The second kappa shape index (κ2) is 5.86. The van der Waals surface area contributed by atoms with Crippen molar-refractivity contribution in [3.63, 3.8) is 0 Å². The van der Waals surface area contributed by atoms with Gasteiger partial charge in [-0.25, -0.2) is 4.98 Å². The summed E-state index contributed by atoms with van der Waals surface area (Å²) in [5, 5.41) is 1.83. The van der Waals surface area contributed by atoms with Crippen LogP contribution >= 0.6 is 0 Å². The normalized spacial score (nSPS) is 19.3. The molecule has 1 unspecified atom stereocenters. The third-order valence-corrected chi connectivity index (χ3v) is 5.79. The van der Waals surface area contributed by atoms with Gasteiger partial charge in [-0.05, 0) is 30.0 Å². The van der Waals surface area contributed by atoms with Gasteiger partial charge in [0.2, 0.25) is 5.91 Å². The molecule has 146 valence electrons. The molecule has 0 bridgehead atoms. The number of hydrogen-bond donors (Lipinski definition) is 0. The number of rotatable bonds is 3. The summed E-state index contributed by atoms with van der Waals surface area (Å²) in [5.41, 5.74) is 0.559. The van der Waals surface area contributed by atoms with Gasteiger partial charge in [-0.3, -0.25) is 4.79 Å². The van der Waals surface area contributed by atoms with Crippen molar-refractivity contribution < 1.29 is 18.0 Å². The fourth-order valence-corrected chi connectivity index (χ4v) is 4.37. The number of aromatic nitrogens is 1. The van der Waals surface area contributed by atoms with E-state index >= 15 is 8.78 Å². The van der Waals surface area contributed by atoms with Crippen LogP contribution in [0.2, 0.25) is 0 Å². The van der Waals surface area contributed by atoms with E-state index in [1.54, 1.807) is 44.3 Å². The maximum Gasteiger partial charge on any atom is 0.323 e. The number of fused-ring (bicyclic) bond motifs is 4. The summed E-state index contributed by atoms with van der Waals surface area (Å²) in [5.74, 6) is -4.43. The first-order valence-corrected chi connectivity index (χ1v) is 9.35. The van der Waals surface area contributed by atoms with Crippen LogP contribution in [0.15, 0.2) is 65.1 Å². The number of oxazole rings is 1. The fraction of sp³-hybridized carbons (Fsp3) is 0.217. The Bertz CT molecular complexity index is 1250. The van der Waals surface area contributed by atoms with E-state index in [0.29, 0.717) is 22.4 Å². The maximum atomic E-state index is 15.3. The Morgan fingerprint density at radius 1 is 1.07 bits per heavy atom. The molecule has 0 fully saturated rings. The average molecular weight is 392 g/mol. The monoisotopic (exact) mass is 392 g/mol. The molecule has 2 heterocycles. The molecule has 4 aromatic rings. The zero-order valence-corrected chi connectivity index (χ0v) is 15.9. The number of amides is 1. The second-order valence-electron chi connectivity index (χ2n) is 7.75. The number of para-hydroxylation sites is 2. The van der Waals surface area contributed by atoms with Crippen LogP contribution in [0, 0.1) is 0 Å². The number of carbonyl (C=O) groups excluding carboxylic acids is 1. The predicted molar refractivity (Wildman–Crippen MR) is 107 cm³/mol. The summed E-state index contributed by atoms with van der Waals surface area (Å²) in [6.07, 6.45) is -0.721. The molecular weight excluding hydrogens is 374 g/mol. The number of benzene rings is 3. The van der Waals surface area contributed by atoms with Crippen molar-refractivity contribution in [2.45, 2.75) is 24.7 Å². The van der Waals surface area contributed by atoms with E-state index in [9.17, 15) is 4.79 Å². The fourth-order valence-electron chi connectivity index (χ4n) is 4.37. The van der Waals surface area contributed by atoms with Gasteiger partial charge < -0.3 is 9.32 Å².